The van der Waals surface area contributed by atoms with E-state index in [2.05, 4.69) is 35.0 Å². The number of methoxy groups -OCH3 is 1. The van der Waals surface area contributed by atoms with Crippen molar-refractivity contribution >= 4 is 39.1 Å². The summed E-state index contributed by atoms with van der Waals surface area (Å²) in [6.07, 6.45) is 3.36. The lowest BCUT2D eigenvalue weighted by atomic mass is 9.58. The second-order valence-electron chi connectivity index (χ2n) is 14.8. The first-order valence-electron chi connectivity index (χ1n) is 17.8. The van der Waals surface area contributed by atoms with Gasteiger partial charge in [0.05, 0.1) is 30.4 Å². The number of piperazine rings is 1. The molecule has 5 aliphatic heterocycles. The van der Waals surface area contributed by atoms with E-state index in [0.717, 1.165) is 98.3 Å². The zero-order chi connectivity index (χ0) is 33.0. The Labute approximate surface area is 288 Å². The Morgan fingerprint density at radius 1 is 0.938 bits per heavy atom. The van der Waals surface area contributed by atoms with Gasteiger partial charge in [-0.25, -0.2) is 14.8 Å². The molecule has 6 heterocycles. The Hall–Kier alpha value is -2.28. The van der Waals surface area contributed by atoms with Crippen molar-refractivity contribution in [2.45, 2.75) is 70.4 Å². The molecule has 0 amide bonds. The van der Waals surface area contributed by atoms with Gasteiger partial charge in [-0.1, -0.05) is 25.4 Å². The maximum Gasteiger partial charge on any atom is 0.201 e. The van der Waals surface area contributed by atoms with E-state index in [4.69, 9.17) is 45.3 Å². The van der Waals surface area contributed by atoms with Crippen molar-refractivity contribution in [2.75, 3.05) is 64.8 Å². The maximum absolute atomic E-state index is 6.62. The van der Waals surface area contributed by atoms with E-state index >= 15 is 0 Å². The smallest absolute Gasteiger partial charge is 0.201 e. The maximum atomic E-state index is 6.62. The minimum absolute atomic E-state index is 0.197. The van der Waals surface area contributed by atoms with Crippen LogP contribution in [0, 0.1) is 23.7 Å². The molecule has 8 atom stereocenters. The lowest BCUT2D eigenvalue weighted by Gasteiger charge is -2.60. The molecule has 2 bridgehead atoms. The van der Waals surface area contributed by atoms with Gasteiger partial charge in [-0.05, 0) is 74.4 Å². The van der Waals surface area contributed by atoms with Gasteiger partial charge < -0.3 is 24.3 Å². The number of benzene rings is 2. The fourth-order valence-electron chi connectivity index (χ4n) is 9.15. The van der Waals surface area contributed by atoms with Crippen LogP contribution in [0.4, 0.5) is 5.69 Å². The molecule has 1 N–H and O–H groups in total. The number of nitrogens with one attached hydrogen (secondary N) is 1. The van der Waals surface area contributed by atoms with Crippen LogP contribution in [0.15, 0.2) is 36.4 Å². The lowest BCUT2D eigenvalue weighted by molar-refractivity contribution is -0.577. The molecule has 0 radical (unpaired) electrons. The number of aromatic nitrogens is 1. The second-order valence-corrected chi connectivity index (χ2v) is 15.2. The topological polar surface area (TPSA) is 86.8 Å². The molecule has 1 aliphatic carbocycles. The molecule has 3 aromatic rings. The third-order valence-electron chi connectivity index (χ3n) is 11.9. The lowest BCUT2D eigenvalue weighted by Crippen LogP contribution is -2.70. The van der Waals surface area contributed by atoms with Crippen LogP contribution < -0.4 is 10.1 Å². The highest BCUT2D eigenvalue weighted by Crippen LogP contribution is 2.60. The summed E-state index contributed by atoms with van der Waals surface area (Å²) in [6, 6.07) is 11.9. The van der Waals surface area contributed by atoms with Gasteiger partial charge in [0.25, 0.3) is 0 Å². The molecule has 1 aromatic heterocycles. The summed E-state index contributed by atoms with van der Waals surface area (Å²) in [5.74, 6) is 1.45. The molecular formula is C37H49ClN4O6. The van der Waals surface area contributed by atoms with E-state index in [1.807, 2.05) is 37.3 Å². The van der Waals surface area contributed by atoms with Gasteiger partial charge in [0.15, 0.2) is 18.2 Å². The highest BCUT2D eigenvalue weighted by atomic mass is 35.5. The molecule has 6 aliphatic rings. The van der Waals surface area contributed by atoms with Crippen LogP contribution >= 0.6 is 11.6 Å². The number of rotatable bonds is 9. The number of hydrogen-bond donors (Lipinski definition) is 1. The van der Waals surface area contributed by atoms with E-state index in [1.165, 1.54) is 6.42 Å². The molecule has 5 saturated heterocycles. The number of pyridine rings is 1. The predicted octanol–water partition coefficient (Wildman–Crippen LogP) is 6.30. The molecule has 1 spiro atoms. The van der Waals surface area contributed by atoms with Crippen molar-refractivity contribution in [2.24, 2.45) is 23.7 Å². The van der Waals surface area contributed by atoms with Gasteiger partial charge in [0.2, 0.25) is 5.79 Å². The van der Waals surface area contributed by atoms with Crippen LogP contribution in [0.5, 0.6) is 5.75 Å². The Balaban J connectivity index is 0.840. The van der Waals surface area contributed by atoms with Crippen LogP contribution in [-0.4, -0.2) is 98.3 Å². The van der Waals surface area contributed by atoms with Crippen LogP contribution in [0.3, 0.4) is 0 Å². The van der Waals surface area contributed by atoms with Gasteiger partial charge >= 0.3 is 0 Å². The number of fused-ring (bicyclic) bond motifs is 4. The number of anilines is 1. The molecule has 48 heavy (non-hydrogen) atoms. The van der Waals surface area contributed by atoms with Crippen LogP contribution in [0.25, 0.3) is 21.8 Å². The van der Waals surface area contributed by atoms with Crippen molar-refractivity contribution in [3.8, 4) is 5.75 Å². The number of hydrogen-bond acceptors (Lipinski definition) is 10. The Morgan fingerprint density at radius 3 is 2.56 bits per heavy atom. The molecule has 11 heteroatoms. The Kier molecular flexibility index (Phi) is 8.99. The third-order valence-corrected chi connectivity index (χ3v) is 12.2. The highest BCUT2D eigenvalue weighted by Gasteiger charge is 2.69. The van der Waals surface area contributed by atoms with Gasteiger partial charge in [-0.3, -0.25) is 9.80 Å². The zero-order valence-corrected chi connectivity index (χ0v) is 29.3. The van der Waals surface area contributed by atoms with E-state index in [9.17, 15) is 0 Å². The molecule has 0 unspecified atom stereocenters. The fourth-order valence-corrected chi connectivity index (χ4v) is 9.32. The average Bonchev–Trinajstić information content (AvgIpc) is 3.32. The highest BCUT2D eigenvalue weighted by molar-refractivity contribution is 6.31. The van der Waals surface area contributed by atoms with Gasteiger partial charge in [-0.2, -0.15) is 0 Å². The summed E-state index contributed by atoms with van der Waals surface area (Å²) in [5.41, 5.74) is 2.32. The second kappa shape index (κ2) is 13.1. The minimum atomic E-state index is -0.764. The summed E-state index contributed by atoms with van der Waals surface area (Å²) in [4.78, 5) is 22.1. The standard InChI is InChI=1S/C37H49ClN4O6/c1-23-5-9-30-24(2)34(45-35-37(30)29(23)11-12-36(3,46-35)47-48-37)44-20-19-42-17-15-41(16-18-42)14-13-39-33-27-8-6-25(38)21-32(27)40-31-10-7-26(43-4)22-28(31)33/h6-8,10,21-24,29-30,34-35H,5,9,11-20H2,1-4H3,(H,39,40)/t23-,24-,29+,30+,34+,35-,36+,37-/m1/s1. The molecule has 260 valence electrons. The van der Waals surface area contributed by atoms with Crippen molar-refractivity contribution in [3.05, 3.63) is 41.4 Å². The fraction of sp³-hybridized carbons (Fsp3) is 0.649. The van der Waals surface area contributed by atoms with Crippen molar-refractivity contribution in [1.82, 2.24) is 14.8 Å². The SMILES string of the molecule is COc1ccc2nc3cc(Cl)ccc3c(NCCN3CCN(CCO[C@H]4O[C@@H]5O[C@]6(C)CC[C@H]7[C@H](C)CC[C@@H]([C@H]4C)[C@@]57OO6)CC3)c2c1. The third kappa shape index (κ3) is 5.86. The normalized spacial score (nSPS) is 35.4. The summed E-state index contributed by atoms with van der Waals surface area (Å²) in [6.45, 7) is 14.0. The average molecular weight is 681 g/mol. The first-order valence-corrected chi connectivity index (χ1v) is 18.2. The summed E-state index contributed by atoms with van der Waals surface area (Å²) in [7, 11) is 1.69. The van der Waals surface area contributed by atoms with Crippen LogP contribution in [0.1, 0.15) is 46.5 Å². The van der Waals surface area contributed by atoms with Crippen molar-refractivity contribution in [1.29, 1.82) is 0 Å². The monoisotopic (exact) mass is 680 g/mol. The van der Waals surface area contributed by atoms with E-state index in [0.29, 0.717) is 23.5 Å². The van der Waals surface area contributed by atoms with E-state index in [1.54, 1.807) is 7.11 Å². The Bertz CT molecular complexity index is 1640. The minimum Gasteiger partial charge on any atom is -0.497 e. The van der Waals surface area contributed by atoms with Crippen molar-refractivity contribution < 1.29 is 28.7 Å². The number of nitrogens with zero attached hydrogens (tertiary/aromatic N) is 3. The van der Waals surface area contributed by atoms with Crippen LogP contribution in [0.2, 0.25) is 5.02 Å². The first-order chi connectivity index (χ1) is 23.3. The number of halogens is 1. The quantitative estimate of drug-likeness (QED) is 0.205. The largest absolute Gasteiger partial charge is 0.497 e. The molecule has 1 saturated carbocycles. The van der Waals surface area contributed by atoms with Gasteiger partial charge in [-0.15, -0.1) is 0 Å². The molecule has 6 fully saturated rings. The summed E-state index contributed by atoms with van der Waals surface area (Å²) in [5, 5.41) is 6.52. The Morgan fingerprint density at radius 2 is 1.75 bits per heavy atom. The number of ether oxygens (including phenoxy) is 4. The predicted molar refractivity (Wildman–Crippen MR) is 185 cm³/mol. The van der Waals surface area contributed by atoms with E-state index < -0.39 is 17.7 Å². The molecule has 9 rings (SSSR count). The van der Waals surface area contributed by atoms with E-state index in [-0.39, 0.29) is 18.1 Å². The molecular weight excluding hydrogens is 632 g/mol. The summed E-state index contributed by atoms with van der Waals surface area (Å²) < 4.78 is 25.1. The molecule has 2 aromatic carbocycles. The summed E-state index contributed by atoms with van der Waals surface area (Å²) >= 11 is 6.32. The van der Waals surface area contributed by atoms with Gasteiger partial charge in [0, 0.05) is 79.9 Å². The first kappa shape index (κ1) is 32.9. The zero-order valence-electron chi connectivity index (χ0n) is 28.6. The van der Waals surface area contributed by atoms with Gasteiger partial charge in [0.1, 0.15) is 5.75 Å². The molecule has 10 nitrogen and oxygen atoms in total. The van der Waals surface area contributed by atoms with Crippen molar-refractivity contribution in [3.63, 3.8) is 0 Å². The van der Waals surface area contributed by atoms with Crippen LogP contribution in [-0.2, 0) is 24.0 Å².